The van der Waals surface area contributed by atoms with Gasteiger partial charge in [-0.15, -0.1) is 0 Å². The third kappa shape index (κ3) is 2.78. The molecule has 2 heterocycles. The molecule has 0 unspecified atom stereocenters. The Labute approximate surface area is 121 Å². The molecule has 0 saturated heterocycles. The van der Waals surface area contributed by atoms with E-state index in [9.17, 15) is 0 Å². The Morgan fingerprint density at radius 2 is 1.95 bits per heavy atom. The Morgan fingerprint density at radius 3 is 2.74 bits per heavy atom. The summed E-state index contributed by atoms with van der Waals surface area (Å²) in [6.07, 6.45) is 2.32. The molecule has 19 heavy (non-hydrogen) atoms. The van der Waals surface area contributed by atoms with Gasteiger partial charge in [-0.1, -0.05) is 24.3 Å². The molecule has 3 nitrogen and oxygen atoms in total. The molecule has 4 heteroatoms. The van der Waals surface area contributed by atoms with Crippen molar-refractivity contribution in [1.82, 2.24) is 9.97 Å². The number of rotatable bonds is 1. The van der Waals surface area contributed by atoms with Gasteiger partial charge in [-0.2, -0.15) is 0 Å². The zero-order chi connectivity index (χ0) is 13.2. The van der Waals surface area contributed by atoms with Crippen molar-refractivity contribution in [1.29, 1.82) is 0 Å². The Morgan fingerprint density at radius 1 is 1.16 bits per heavy atom. The molecule has 0 amide bonds. The van der Waals surface area contributed by atoms with Gasteiger partial charge in [0.15, 0.2) is 0 Å². The summed E-state index contributed by atoms with van der Waals surface area (Å²) in [4.78, 5) is 11.2. The summed E-state index contributed by atoms with van der Waals surface area (Å²) < 4.78 is 0.854. The number of hydrogen-bond donors (Lipinski definition) is 0. The first-order chi connectivity index (χ1) is 9.22. The van der Waals surface area contributed by atoms with Gasteiger partial charge >= 0.3 is 0 Å². The average Bonchev–Trinajstić information content (AvgIpc) is 2.59. The van der Waals surface area contributed by atoms with Crippen LogP contribution >= 0.6 is 15.9 Å². The van der Waals surface area contributed by atoms with Gasteiger partial charge in [0.2, 0.25) is 0 Å². The first-order valence-corrected chi connectivity index (χ1v) is 7.34. The van der Waals surface area contributed by atoms with E-state index in [4.69, 9.17) is 0 Å². The van der Waals surface area contributed by atoms with Crippen LogP contribution in [0.5, 0.6) is 0 Å². The number of halogens is 1. The predicted molar refractivity (Wildman–Crippen MR) is 80.3 cm³/mol. The van der Waals surface area contributed by atoms with Crippen LogP contribution in [0, 0.1) is 6.92 Å². The summed E-state index contributed by atoms with van der Waals surface area (Å²) in [5.74, 6) is 1.82. The number of hydrogen-bond acceptors (Lipinski definition) is 3. The highest BCUT2D eigenvalue weighted by atomic mass is 79.9. The van der Waals surface area contributed by atoms with Crippen molar-refractivity contribution in [3.63, 3.8) is 0 Å². The average molecular weight is 318 g/mol. The quantitative estimate of drug-likeness (QED) is 0.754. The van der Waals surface area contributed by atoms with Crippen LogP contribution < -0.4 is 4.90 Å². The van der Waals surface area contributed by atoms with E-state index in [2.05, 4.69) is 55.1 Å². The Bertz CT molecular complexity index is 577. The van der Waals surface area contributed by atoms with Crippen LogP contribution in [0.15, 0.2) is 34.9 Å². The summed E-state index contributed by atoms with van der Waals surface area (Å²) in [7, 11) is 0. The second-order valence-corrected chi connectivity index (χ2v) is 5.70. The lowest BCUT2D eigenvalue weighted by Crippen LogP contribution is -2.24. The highest BCUT2D eigenvalue weighted by molar-refractivity contribution is 9.10. The van der Waals surface area contributed by atoms with E-state index in [-0.39, 0.29) is 0 Å². The zero-order valence-electron chi connectivity index (χ0n) is 10.9. The van der Waals surface area contributed by atoms with Crippen molar-refractivity contribution in [3.05, 3.63) is 51.9 Å². The van der Waals surface area contributed by atoms with E-state index in [0.717, 1.165) is 42.2 Å². The van der Waals surface area contributed by atoms with E-state index < -0.39 is 0 Å². The molecule has 3 rings (SSSR count). The SMILES string of the molecule is Cc1nc(Br)cc(N2CCCc3ccccc3C2)n1. The summed E-state index contributed by atoms with van der Waals surface area (Å²) >= 11 is 3.45. The van der Waals surface area contributed by atoms with Gasteiger partial charge < -0.3 is 4.90 Å². The molecule has 0 aliphatic carbocycles. The summed E-state index contributed by atoms with van der Waals surface area (Å²) in [5, 5.41) is 0. The number of nitrogens with zero attached hydrogens (tertiary/aromatic N) is 3. The Kier molecular flexibility index (Phi) is 3.51. The van der Waals surface area contributed by atoms with E-state index >= 15 is 0 Å². The molecular weight excluding hydrogens is 302 g/mol. The Hall–Kier alpha value is -1.42. The van der Waals surface area contributed by atoms with E-state index in [1.165, 1.54) is 11.1 Å². The van der Waals surface area contributed by atoms with Crippen LogP contribution in [-0.4, -0.2) is 16.5 Å². The minimum absolute atomic E-state index is 0.807. The van der Waals surface area contributed by atoms with Crippen LogP contribution in [0.1, 0.15) is 23.4 Å². The maximum absolute atomic E-state index is 4.56. The monoisotopic (exact) mass is 317 g/mol. The number of benzene rings is 1. The van der Waals surface area contributed by atoms with Gasteiger partial charge in [-0.25, -0.2) is 9.97 Å². The first kappa shape index (κ1) is 12.6. The van der Waals surface area contributed by atoms with Gasteiger partial charge in [0, 0.05) is 19.2 Å². The third-order valence-corrected chi connectivity index (χ3v) is 3.88. The topological polar surface area (TPSA) is 29.0 Å². The number of aryl methyl sites for hydroxylation is 2. The molecule has 0 radical (unpaired) electrons. The number of anilines is 1. The van der Waals surface area contributed by atoms with Crippen molar-refractivity contribution >= 4 is 21.7 Å². The molecular formula is C15H16BrN3. The van der Waals surface area contributed by atoms with Crippen LogP contribution in [-0.2, 0) is 13.0 Å². The predicted octanol–water partition coefficient (Wildman–Crippen LogP) is 3.50. The third-order valence-electron chi connectivity index (χ3n) is 3.47. The molecule has 98 valence electrons. The molecule has 0 bridgehead atoms. The van der Waals surface area contributed by atoms with Crippen molar-refractivity contribution in [2.45, 2.75) is 26.3 Å². The molecule has 1 aliphatic heterocycles. The molecule has 2 aromatic rings. The zero-order valence-corrected chi connectivity index (χ0v) is 12.5. The van der Waals surface area contributed by atoms with E-state index in [0.29, 0.717) is 0 Å². The lowest BCUT2D eigenvalue weighted by Gasteiger charge is -2.22. The Balaban J connectivity index is 1.94. The highest BCUT2D eigenvalue weighted by Crippen LogP contribution is 2.24. The fraction of sp³-hybridized carbons (Fsp3) is 0.333. The minimum atomic E-state index is 0.807. The second-order valence-electron chi connectivity index (χ2n) is 4.89. The van der Waals surface area contributed by atoms with Gasteiger partial charge in [-0.3, -0.25) is 0 Å². The fourth-order valence-corrected chi connectivity index (χ4v) is 3.04. The van der Waals surface area contributed by atoms with Gasteiger partial charge in [0.1, 0.15) is 16.2 Å². The van der Waals surface area contributed by atoms with Crippen molar-refractivity contribution in [2.75, 3.05) is 11.4 Å². The number of aromatic nitrogens is 2. The maximum atomic E-state index is 4.56. The molecule has 1 aliphatic rings. The fourth-order valence-electron chi connectivity index (χ4n) is 2.57. The normalized spacial score (nSPS) is 14.9. The van der Waals surface area contributed by atoms with Crippen LogP contribution in [0.2, 0.25) is 0 Å². The van der Waals surface area contributed by atoms with Crippen molar-refractivity contribution < 1.29 is 0 Å². The lowest BCUT2D eigenvalue weighted by molar-refractivity contribution is 0.749. The van der Waals surface area contributed by atoms with E-state index in [1.54, 1.807) is 0 Å². The first-order valence-electron chi connectivity index (χ1n) is 6.55. The highest BCUT2D eigenvalue weighted by Gasteiger charge is 2.16. The van der Waals surface area contributed by atoms with Crippen LogP contribution in [0.3, 0.4) is 0 Å². The largest absolute Gasteiger partial charge is 0.352 e. The number of fused-ring (bicyclic) bond motifs is 1. The smallest absolute Gasteiger partial charge is 0.133 e. The molecule has 0 spiro atoms. The lowest BCUT2D eigenvalue weighted by atomic mass is 10.0. The van der Waals surface area contributed by atoms with Gasteiger partial charge in [-0.05, 0) is 46.8 Å². The molecule has 0 saturated carbocycles. The summed E-state index contributed by atoms with van der Waals surface area (Å²) in [6.45, 7) is 3.90. The molecule has 0 N–H and O–H groups in total. The van der Waals surface area contributed by atoms with Crippen LogP contribution in [0.25, 0.3) is 0 Å². The van der Waals surface area contributed by atoms with Gasteiger partial charge in [0.05, 0.1) is 0 Å². The van der Waals surface area contributed by atoms with Crippen LogP contribution in [0.4, 0.5) is 5.82 Å². The summed E-state index contributed by atoms with van der Waals surface area (Å²) in [5.41, 5.74) is 2.88. The van der Waals surface area contributed by atoms with Crippen molar-refractivity contribution in [2.24, 2.45) is 0 Å². The standard InChI is InChI=1S/C15H16BrN3/c1-11-17-14(16)9-15(18-11)19-8-4-7-12-5-2-3-6-13(12)10-19/h2-3,5-6,9H,4,7-8,10H2,1H3. The van der Waals surface area contributed by atoms with E-state index in [1.807, 2.05) is 13.0 Å². The molecule has 1 aromatic carbocycles. The van der Waals surface area contributed by atoms with Gasteiger partial charge in [0.25, 0.3) is 0 Å². The molecule has 1 aromatic heterocycles. The summed E-state index contributed by atoms with van der Waals surface area (Å²) in [6, 6.07) is 10.7. The molecule has 0 atom stereocenters. The van der Waals surface area contributed by atoms with Crippen molar-refractivity contribution in [3.8, 4) is 0 Å². The molecule has 0 fully saturated rings. The minimum Gasteiger partial charge on any atom is -0.352 e. The second kappa shape index (κ2) is 5.29. The maximum Gasteiger partial charge on any atom is 0.133 e.